The maximum absolute atomic E-state index is 13.0. The van der Waals surface area contributed by atoms with Gasteiger partial charge in [0.05, 0.1) is 12.2 Å². The molecule has 0 spiro atoms. The van der Waals surface area contributed by atoms with Crippen LogP contribution in [0.25, 0.3) is 0 Å². The number of carboxylic acids is 1. The molecule has 0 radical (unpaired) electrons. The number of aliphatic hydroxyl groups is 1. The average molecular weight is 200 g/mol. The minimum atomic E-state index is -1.15. The van der Waals surface area contributed by atoms with Gasteiger partial charge < -0.3 is 14.9 Å². The zero-order chi connectivity index (χ0) is 10.6. The van der Waals surface area contributed by atoms with Gasteiger partial charge >= 0.3 is 5.97 Å². The van der Waals surface area contributed by atoms with Crippen LogP contribution in [0.4, 0.5) is 4.39 Å². The molecule has 4 nitrogen and oxygen atoms in total. The van der Waals surface area contributed by atoms with Gasteiger partial charge in [0.2, 0.25) is 0 Å². The number of ether oxygens (including phenoxy) is 1. The molecule has 0 atom stereocenters. The lowest BCUT2D eigenvalue weighted by molar-refractivity contribution is 0.0696. The second-order valence-electron chi connectivity index (χ2n) is 2.52. The first-order chi connectivity index (χ1) is 6.65. The lowest BCUT2D eigenvalue weighted by Gasteiger charge is -2.05. The highest BCUT2D eigenvalue weighted by molar-refractivity contribution is 5.88. The molecule has 0 bridgehead atoms. The van der Waals surface area contributed by atoms with E-state index in [1.807, 2.05) is 0 Å². The zero-order valence-corrected chi connectivity index (χ0v) is 7.24. The van der Waals surface area contributed by atoms with Crippen LogP contribution >= 0.6 is 0 Å². The number of halogens is 1. The minimum Gasteiger partial charge on any atom is -0.488 e. The van der Waals surface area contributed by atoms with Crippen molar-refractivity contribution in [2.24, 2.45) is 0 Å². The summed E-state index contributed by atoms with van der Waals surface area (Å²) in [4.78, 5) is 10.5. The predicted molar refractivity (Wildman–Crippen MR) is 45.9 cm³/mol. The standard InChI is InChI=1S/C9H9FO4/c10-7-2-1-6(9(12)13)5-8(7)14-4-3-11/h1-2,5,11H,3-4H2,(H,12,13). The number of carbonyl (C=O) groups is 1. The van der Waals surface area contributed by atoms with Gasteiger partial charge in [0.15, 0.2) is 11.6 Å². The number of aromatic carboxylic acids is 1. The SMILES string of the molecule is O=C(O)c1ccc(F)c(OCCO)c1. The summed E-state index contributed by atoms with van der Waals surface area (Å²) < 4.78 is 17.7. The first kappa shape index (κ1) is 10.5. The van der Waals surface area contributed by atoms with Gasteiger partial charge in [-0.2, -0.15) is 0 Å². The van der Waals surface area contributed by atoms with E-state index in [1.54, 1.807) is 0 Å². The molecule has 5 heteroatoms. The lowest BCUT2D eigenvalue weighted by atomic mass is 10.2. The van der Waals surface area contributed by atoms with E-state index >= 15 is 0 Å². The van der Waals surface area contributed by atoms with Crippen molar-refractivity contribution >= 4 is 5.97 Å². The van der Waals surface area contributed by atoms with E-state index in [4.69, 9.17) is 14.9 Å². The van der Waals surface area contributed by atoms with Crippen LogP contribution in [-0.2, 0) is 0 Å². The van der Waals surface area contributed by atoms with Crippen molar-refractivity contribution in [1.82, 2.24) is 0 Å². The monoisotopic (exact) mass is 200 g/mol. The summed E-state index contributed by atoms with van der Waals surface area (Å²) in [5.41, 5.74) is -0.0562. The quantitative estimate of drug-likeness (QED) is 0.757. The smallest absolute Gasteiger partial charge is 0.335 e. The van der Waals surface area contributed by atoms with Gasteiger partial charge in [-0.05, 0) is 18.2 Å². The third kappa shape index (κ3) is 2.43. The van der Waals surface area contributed by atoms with Crippen molar-refractivity contribution in [1.29, 1.82) is 0 Å². The third-order valence-electron chi connectivity index (χ3n) is 1.53. The molecule has 0 fully saturated rings. The summed E-state index contributed by atoms with van der Waals surface area (Å²) in [6.45, 7) is -0.323. The van der Waals surface area contributed by atoms with Crippen molar-refractivity contribution in [3.63, 3.8) is 0 Å². The summed E-state index contributed by atoms with van der Waals surface area (Å²) in [6.07, 6.45) is 0. The van der Waals surface area contributed by atoms with Crippen molar-refractivity contribution in [2.45, 2.75) is 0 Å². The fraction of sp³-hybridized carbons (Fsp3) is 0.222. The van der Waals surface area contributed by atoms with Crippen LogP contribution in [0.15, 0.2) is 18.2 Å². The van der Waals surface area contributed by atoms with Crippen molar-refractivity contribution < 1.29 is 24.1 Å². The fourth-order valence-corrected chi connectivity index (χ4v) is 0.903. The highest BCUT2D eigenvalue weighted by Gasteiger charge is 2.08. The van der Waals surface area contributed by atoms with Crippen LogP contribution in [0.2, 0.25) is 0 Å². The van der Waals surface area contributed by atoms with Gasteiger partial charge in [-0.3, -0.25) is 0 Å². The predicted octanol–water partition coefficient (Wildman–Crippen LogP) is 0.895. The van der Waals surface area contributed by atoms with Crippen LogP contribution in [0.3, 0.4) is 0 Å². The summed E-state index contributed by atoms with van der Waals surface area (Å²) in [5, 5.41) is 17.0. The van der Waals surface area contributed by atoms with E-state index in [1.165, 1.54) is 0 Å². The molecule has 0 aliphatic carbocycles. The van der Waals surface area contributed by atoms with Crippen molar-refractivity contribution in [2.75, 3.05) is 13.2 Å². The summed E-state index contributed by atoms with van der Waals surface area (Å²) in [6, 6.07) is 3.23. The molecular weight excluding hydrogens is 191 g/mol. The van der Waals surface area contributed by atoms with E-state index < -0.39 is 11.8 Å². The average Bonchev–Trinajstić information content (AvgIpc) is 2.16. The van der Waals surface area contributed by atoms with Crippen LogP contribution in [0, 0.1) is 5.82 Å². The maximum atomic E-state index is 13.0. The van der Waals surface area contributed by atoms with Crippen LogP contribution in [0.1, 0.15) is 10.4 Å². The van der Waals surface area contributed by atoms with Crippen LogP contribution in [-0.4, -0.2) is 29.4 Å². The molecule has 0 aliphatic heterocycles. The second-order valence-corrected chi connectivity index (χ2v) is 2.52. The van der Waals surface area contributed by atoms with Gasteiger partial charge in [0.25, 0.3) is 0 Å². The number of hydrogen-bond donors (Lipinski definition) is 2. The Morgan fingerprint density at radius 3 is 2.79 bits per heavy atom. The number of carboxylic acid groups (broad SMARTS) is 1. The van der Waals surface area contributed by atoms with E-state index in [9.17, 15) is 9.18 Å². The largest absolute Gasteiger partial charge is 0.488 e. The van der Waals surface area contributed by atoms with Crippen LogP contribution in [0.5, 0.6) is 5.75 Å². The normalized spacial score (nSPS) is 9.86. The van der Waals surface area contributed by atoms with Gasteiger partial charge in [-0.1, -0.05) is 0 Å². The molecule has 2 N–H and O–H groups in total. The molecule has 1 aromatic rings. The van der Waals surface area contributed by atoms with Gasteiger partial charge in [0.1, 0.15) is 6.61 Å². The molecule has 0 amide bonds. The number of aliphatic hydroxyl groups excluding tert-OH is 1. The highest BCUT2D eigenvalue weighted by Crippen LogP contribution is 2.18. The molecule has 76 valence electrons. The van der Waals surface area contributed by atoms with E-state index in [2.05, 4.69) is 0 Å². The van der Waals surface area contributed by atoms with Crippen LogP contribution < -0.4 is 4.74 Å². The summed E-state index contributed by atoms with van der Waals surface area (Å²) in [7, 11) is 0. The Morgan fingerprint density at radius 1 is 1.50 bits per heavy atom. The Kier molecular flexibility index (Phi) is 3.41. The van der Waals surface area contributed by atoms with Gasteiger partial charge in [0, 0.05) is 0 Å². The Balaban J connectivity index is 2.90. The Labute approximate surface area is 79.6 Å². The fourth-order valence-electron chi connectivity index (χ4n) is 0.903. The van der Waals surface area contributed by atoms with Gasteiger partial charge in [-0.15, -0.1) is 0 Å². The second kappa shape index (κ2) is 4.57. The molecule has 0 saturated heterocycles. The summed E-state index contributed by atoms with van der Waals surface area (Å²) >= 11 is 0. The topological polar surface area (TPSA) is 66.8 Å². The number of hydrogen-bond acceptors (Lipinski definition) is 3. The van der Waals surface area contributed by atoms with Gasteiger partial charge in [-0.25, -0.2) is 9.18 Å². The van der Waals surface area contributed by atoms with Crippen molar-refractivity contribution in [3.8, 4) is 5.75 Å². The Morgan fingerprint density at radius 2 is 2.21 bits per heavy atom. The summed E-state index contributed by atoms with van der Waals surface area (Å²) in [5.74, 6) is -1.97. The first-order valence-corrected chi connectivity index (χ1v) is 3.91. The molecular formula is C9H9FO4. The molecule has 0 aliphatic rings. The number of benzene rings is 1. The first-order valence-electron chi connectivity index (χ1n) is 3.91. The zero-order valence-electron chi connectivity index (χ0n) is 7.24. The Hall–Kier alpha value is -1.62. The minimum absolute atomic E-state index is 0.0562. The van der Waals surface area contributed by atoms with E-state index in [0.717, 1.165) is 18.2 Å². The maximum Gasteiger partial charge on any atom is 0.335 e. The van der Waals surface area contributed by atoms with Crippen molar-refractivity contribution in [3.05, 3.63) is 29.6 Å². The third-order valence-corrected chi connectivity index (χ3v) is 1.53. The molecule has 0 heterocycles. The molecule has 14 heavy (non-hydrogen) atoms. The lowest BCUT2D eigenvalue weighted by Crippen LogP contribution is -2.05. The molecule has 0 saturated carbocycles. The molecule has 0 aromatic heterocycles. The molecule has 1 rings (SSSR count). The van der Waals surface area contributed by atoms with E-state index in [-0.39, 0.29) is 24.5 Å². The molecule has 0 unspecified atom stereocenters. The Bertz CT molecular complexity index is 338. The van der Waals surface area contributed by atoms with E-state index in [0.29, 0.717) is 0 Å². The highest BCUT2D eigenvalue weighted by atomic mass is 19.1. The molecule has 1 aromatic carbocycles. The number of rotatable bonds is 4.